The minimum absolute atomic E-state index is 0.0130. The third kappa shape index (κ3) is 8.32. The van der Waals surface area contributed by atoms with Gasteiger partial charge in [-0.2, -0.15) is 0 Å². The average Bonchev–Trinajstić information content (AvgIpc) is 2.85. The fourth-order valence-corrected chi connectivity index (χ4v) is 7.58. The summed E-state index contributed by atoms with van der Waals surface area (Å²) >= 11 is -2.15. The Bertz CT molecular complexity index is 1080. The molecule has 2 amide bonds. The van der Waals surface area contributed by atoms with Crippen LogP contribution in [0.2, 0.25) is 0 Å². The van der Waals surface area contributed by atoms with Crippen LogP contribution in [0.3, 0.4) is 0 Å². The van der Waals surface area contributed by atoms with Gasteiger partial charge in [0.25, 0.3) is 0 Å². The van der Waals surface area contributed by atoms with Gasteiger partial charge in [0.1, 0.15) is 0 Å². The maximum absolute atomic E-state index is 14.7. The molecule has 1 aliphatic heterocycles. The monoisotopic (exact) mass is 668 g/mol. The van der Waals surface area contributed by atoms with Gasteiger partial charge in [-0.15, -0.1) is 0 Å². The van der Waals surface area contributed by atoms with Crippen LogP contribution in [0.25, 0.3) is 0 Å². The number of ether oxygens (including phenoxy) is 1. The number of halogens is 5. The Labute approximate surface area is 236 Å². The number of amides is 2. The van der Waals surface area contributed by atoms with Gasteiger partial charge in [-0.05, 0) is 13.8 Å². The second-order valence-corrected chi connectivity index (χ2v) is 13.4. The van der Waals surface area contributed by atoms with Crippen LogP contribution in [0.15, 0.2) is 47.8 Å². The van der Waals surface area contributed by atoms with E-state index in [1.54, 1.807) is 31.0 Å². The molecule has 4 atom stereocenters. The van der Waals surface area contributed by atoms with Gasteiger partial charge in [-0.25, -0.2) is 0 Å². The van der Waals surface area contributed by atoms with Crippen LogP contribution in [0.1, 0.15) is 39.2 Å². The summed E-state index contributed by atoms with van der Waals surface area (Å²) in [6.07, 6.45) is 0.897. The Morgan fingerprint density at radius 1 is 1.26 bits per heavy atom. The zero-order chi connectivity index (χ0) is 28.9. The summed E-state index contributed by atoms with van der Waals surface area (Å²) in [6, 6.07) is 6.13. The number of allylic oxidation sites excluding steroid dienone is 3. The molecule has 39 heavy (non-hydrogen) atoms. The third-order valence-electron chi connectivity index (χ3n) is 6.74. The first kappa shape index (κ1) is 31.2. The number of carboxylic acid groups (broad SMARTS) is 1. The number of hydrogen-bond acceptors (Lipinski definition) is 4. The normalized spacial score (nSPS) is 24.2. The van der Waals surface area contributed by atoms with Crippen molar-refractivity contribution in [3.05, 3.63) is 53.4 Å². The number of carbonyl (C=O) groups excluding carboxylic acids is 1. The van der Waals surface area contributed by atoms with Crippen LogP contribution in [0.4, 0.5) is 22.4 Å². The van der Waals surface area contributed by atoms with E-state index >= 15 is 0 Å². The maximum atomic E-state index is 14.7. The van der Waals surface area contributed by atoms with E-state index < -0.39 is 71.6 Å². The molecule has 1 saturated heterocycles. The van der Waals surface area contributed by atoms with E-state index in [9.17, 15) is 27.2 Å². The van der Waals surface area contributed by atoms with Crippen molar-refractivity contribution in [2.24, 2.45) is 5.92 Å². The standard InChI is InChI=1S/C27H35F4IN3O4/c1-16(2)39-21-9-5-18(6-10-21)14-33-26(38)35(15-19-7-8-20(28)13-22(19)29)23-11-12-34(4)24(17(23)3)32-27(30,31)25(36)37/h5-10,16-17,22-24H,11-15H2,1-4H3,(H,33,38)(H,36,37)/q-1/t17-,22?,23+,24?/m1/s1. The second kappa shape index (κ2) is 13.3. The molecule has 1 heterocycles. The molecule has 7 nitrogen and oxygen atoms in total. The molecule has 2 unspecified atom stereocenters. The minimum atomic E-state index is -3.83. The molecule has 218 valence electrons. The van der Waals surface area contributed by atoms with Gasteiger partial charge < -0.3 is 0 Å². The number of nitrogens with zero attached hydrogens (tertiary/aromatic N) is 2. The molecule has 1 aliphatic carbocycles. The number of benzene rings is 1. The first-order chi connectivity index (χ1) is 18.3. The molecule has 1 fully saturated rings. The van der Waals surface area contributed by atoms with E-state index in [2.05, 4.69) is 5.32 Å². The predicted octanol–water partition coefficient (Wildman–Crippen LogP) is 1.94. The fraction of sp³-hybridized carbons (Fsp3) is 0.556. The van der Waals surface area contributed by atoms with Crippen molar-refractivity contribution in [2.75, 3.05) is 20.1 Å². The molecule has 3 rings (SSSR count). The predicted molar refractivity (Wildman–Crippen MR) is 135 cm³/mol. The van der Waals surface area contributed by atoms with E-state index in [1.165, 1.54) is 17.1 Å². The molecular weight excluding hydrogens is 633 g/mol. The number of carboxylic acids is 1. The van der Waals surface area contributed by atoms with Crippen LogP contribution < -0.4 is 31.3 Å². The second-order valence-electron chi connectivity index (χ2n) is 10.1. The van der Waals surface area contributed by atoms with Gasteiger partial charge in [0, 0.05) is 0 Å². The van der Waals surface area contributed by atoms with Gasteiger partial charge >= 0.3 is 217 Å². The first-order valence-corrected chi connectivity index (χ1v) is 15.1. The van der Waals surface area contributed by atoms with Gasteiger partial charge in [-0.3, -0.25) is 0 Å². The number of rotatable bonds is 10. The molecule has 1 aromatic carbocycles. The Morgan fingerprint density at radius 2 is 1.92 bits per heavy atom. The number of carbonyl (C=O) groups is 2. The number of urea groups is 1. The zero-order valence-electron chi connectivity index (χ0n) is 22.3. The number of nitrogens with one attached hydrogen (secondary N) is 1. The van der Waals surface area contributed by atoms with Gasteiger partial charge in [0.2, 0.25) is 0 Å². The van der Waals surface area contributed by atoms with Crippen molar-refractivity contribution in [3.63, 3.8) is 0 Å². The molecule has 2 aliphatic rings. The van der Waals surface area contributed by atoms with E-state index in [0.29, 0.717) is 18.7 Å². The number of likely N-dealkylation sites (tertiary alicyclic amines) is 1. The van der Waals surface area contributed by atoms with E-state index in [0.717, 1.165) is 5.56 Å². The number of aliphatic carboxylic acids is 1. The zero-order valence-corrected chi connectivity index (χ0v) is 24.5. The molecule has 0 spiro atoms. The van der Waals surface area contributed by atoms with Crippen LogP contribution in [0.5, 0.6) is 5.75 Å². The number of hydrogen-bond donors (Lipinski definition) is 2. The van der Waals surface area contributed by atoms with Crippen molar-refractivity contribution in [1.82, 2.24) is 15.1 Å². The number of piperidine rings is 1. The summed E-state index contributed by atoms with van der Waals surface area (Å²) in [5.41, 5.74) is 1.01. The van der Waals surface area contributed by atoms with Crippen LogP contribution in [0, 0.1) is 5.92 Å². The van der Waals surface area contributed by atoms with E-state index in [1.807, 2.05) is 26.0 Å². The summed E-state index contributed by atoms with van der Waals surface area (Å²) < 4.78 is 57.9. The Morgan fingerprint density at radius 3 is 2.51 bits per heavy atom. The summed E-state index contributed by atoms with van der Waals surface area (Å²) in [6.45, 7) is 5.93. The van der Waals surface area contributed by atoms with Gasteiger partial charge in [0.15, 0.2) is 0 Å². The molecular formula is C27H35F4IN3O4-. The molecule has 1 aromatic rings. The van der Waals surface area contributed by atoms with Crippen molar-refractivity contribution in [3.8, 4) is 5.75 Å². The van der Waals surface area contributed by atoms with Gasteiger partial charge in [-0.1, -0.05) is 0 Å². The molecule has 0 radical (unpaired) electrons. The summed E-state index contributed by atoms with van der Waals surface area (Å²) in [5.74, 6) is -2.57. The summed E-state index contributed by atoms with van der Waals surface area (Å²) in [4.78, 5) is 27.8. The topological polar surface area (TPSA) is 82.1 Å². The Kier molecular flexibility index (Phi) is 10.7. The molecule has 0 saturated carbocycles. The van der Waals surface area contributed by atoms with Crippen molar-refractivity contribution in [1.29, 1.82) is 0 Å². The summed E-state index contributed by atoms with van der Waals surface area (Å²) in [7, 11) is 1.67. The van der Waals surface area contributed by atoms with Crippen molar-refractivity contribution in [2.45, 2.75) is 66.5 Å². The van der Waals surface area contributed by atoms with E-state index in [4.69, 9.17) is 9.84 Å². The molecule has 12 heteroatoms. The summed E-state index contributed by atoms with van der Waals surface area (Å²) in [5, 5.41) is 11.8. The van der Waals surface area contributed by atoms with E-state index in [-0.39, 0.29) is 24.8 Å². The molecule has 2 N–H and O–H groups in total. The fourth-order valence-electron chi connectivity index (χ4n) is 4.71. The molecule has 0 bridgehead atoms. The average molecular weight is 668 g/mol. The van der Waals surface area contributed by atoms with Crippen LogP contribution in [-0.4, -0.2) is 73.3 Å². The van der Waals surface area contributed by atoms with Crippen molar-refractivity contribution < 1.29 is 58.2 Å². The third-order valence-corrected chi connectivity index (χ3v) is 10.7. The number of alkyl halides is 5. The Hall–Kier alpha value is -2.35. The SMILES string of the molecule is CC(C)Oc1ccc(CNC(=O)N(CC2=CC=C(F)CC2F)[C@H]2CCN(C)C([I-]C(F)(F)C(=O)O)[C@@H]2C)cc1. The van der Waals surface area contributed by atoms with Crippen LogP contribution >= 0.6 is 0 Å². The first-order valence-electron chi connectivity index (χ1n) is 12.7. The van der Waals surface area contributed by atoms with Gasteiger partial charge in [0.05, 0.1) is 6.10 Å². The Balaban J connectivity index is 1.81. The molecule has 0 aromatic heterocycles. The van der Waals surface area contributed by atoms with Crippen LogP contribution in [-0.2, 0) is 11.3 Å². The van der Waals surface area contributed by atoms with Crippen molar-refractivity contribution >= 4 is 12.0 Å². The quantitative estimate of drug-likeness (QED) is 0.173.